The maximum atomic E-state index is 10.8. The van der Waals surface area contributed by atoms with Crippen LogP contribution in [0, 0.1) is 11.3 Å². The summed E-state index contributed by atoms with van der Waals surface area (Å²) >= 11 is 0. The number of carboxylic acids is 1. The molecule has 2 aliphatic carbocycles. The van der Waals surface area contributed by atoms with Crippen LogP contribution in [0.25, 0.3) is 0 Å². The van der Waals surface area contributed by atoms with E-state index in [1.54, 1.807) is 0 Å². The molecule has 2 bridgehead atoms. The van der Waals surface area contributed by atoms with Crippen LogP contribution in [0.3, 0.4) is 0 Å². The van der Waals surface area contributed by atoms with Crippen LogP contribution in [-0.4, -0.2) is 11.1 Å². The van der Waals surface area contributed by atoms with Crippen molar-refractivity contribution in [3.8, 4) is 0 Å². The molecule has 0 aromatic carbocycles. The summed E-state index contributed by atoms with van der Waals surface area (Å²) in [5.41, 5.74) is -0.310. The number of carbonyl (C=O) groups is 1. The van der Waals surface area contributed by atoms with Gasteiger partial charge in [-0.15, -0.1) is 0 Å². The molecular formula is C8H11O2. The molecule has 0 aromatic rings. The van der Waals surface area contributed by atoms with E-state index in [-0.39, 0.29) is 5.41 Å². The van der Waals surface area contributed by atoms with E-state index in [2.05, 4.69) is 0 Å². The van der Waals surface area contributed by atoms with E-state index in [4.69, 9.17) is 5.11 Å². The van der Waals surface area contributed by atoms with E-state index in [0.717, 1.165) is 32.1 Å². The van der Waals surface area contributed by atoms with Crippen LogP contribution in [0.5, 0.6) is 0 Å². The minimum absolute atomic E-state index is 0.310. The molecule has 0 unspecified atom stereocenters. The zero-order valence-electron chi connectivity index (χ0n) is 5.89. The molecule has 2 nitrogen and oxygen atoms in total. The van der Waals surface area contributed by atoms with Crippen molar-refractivity contribution in [2.75, 3.05) is 0 Å². The minimum atomic E-state index is -0.569. The third kappa shape index (κ3) is 0.619. The molecular weight excluding hydrogens is 128 g/mol. The molecule has 2 aliphatic rings. The SMILES string of the molecule is O=C(O)C12CC[C](CC1)C2. The Balaban J connectivity index is 2.23. The molecule has 2 fully saturated rings. The lowest BCUT2D eigenvalue weighted by atomic mass is 9.85. The van der Waals surface area contributed by atoms with Crippen LogP contribution < -0.4 is 0 Å². The van der Waals surface area contributed by atoms with Gasteiger partial charge in [0.15, 0.2) is 0 Å². The molecule has 10 heavy (non-hydrogen) atoms. The standard InChI is InChI=1S/C8H11O2/c9-7(10)8-3-1-6(5-8)2-4-8/h1-5H2,(H,9,10). The van der Waals surface area contributed by atoms with Crippen LogP contribution >= 0.6 is 0 Å². The molecule has 0 amide bonds. The summed E-state index contributed by atoms with van der Waals surface area (Å²) in [5.74, 6) is 0.919. The van der Waals surface area contributed by atoms with Crippen molar-refractivity contribution < 1.29 is 9.90 Å². The third-order valence-corrected chi connectivity index (χ3v) is 2.96. The highest BCUT2D eigenvalue weighted by Gasteiger charge is 2.50. The fraction of sp³-hybridized carbons (Fsp3) is 0.750. The van der Waals surface area contributed by atoms with Gasteiger partial charge in [0.2, 0.25) is 0 Å². The normalized spacial score (nSPS) is 29.2. The topological polar surface area (TPSA) is 37.3 Å². The van der Waals surface area contributed by atoms with Gasteiger partial charge >= 0.3 is 5.97 Å². The Bertz CT molecular complexity index is 166. The monoisotopic (exact) mass is 139 g/mol. The zero-order chi connectivity index (χ0) is 7.19. The molecule has 1 radical (unpaired) electrons. The van der Waals surface area contributed by atoms with E-state index < -0.39 is 5.97 Å². The van der Waals surface area contributed by atoms with E-state index >= 15 is 0 Å². The largest absolute Gasteiger partial charge is 0.481 e. The lowest BCUT2D eigenvalue weighted by molar-refractivity contribution is -0.148. The Morgan fingerprint density at radius 3 is 2.20 bits per heavy atom. The Labute approximate surface area is 60.2 Å². The van der Waals surface area contributed by atoms with Crippen molar-refractivity contribution in [1.82, 2.24) is 0 Å². The van der Waals surface area contributed by atoms with Gasteiger partial charge in [-0.25, -0.2) is 0 Å². The fourth-order valence-corrected chi connectivity index (χ4v) is 2.20. The van der Waals surface area contributed by atoms with Crippen LogP contribution in [0.4, 0.5) is 0 Å². The molecule has 0 heterocycles. The number of aliphatic carboxylic acids is 1. The predicted molar refractivity (Wildman–Crippen MR) is 36.4 cm³/mol. The lowest BCUT2D eigenvalue weighted by Gasteiger charge is -2.19. The van der Waals surface area contributed by atoms with E-state index in [1.165, 1.54) is 5.92 Å². The van der Waals surface area contributed by atoms with Gasteiger partial charge in [-0.05, 0) is 38.0 Å². The first kappa shape index (κ1) is 6.20. The quantitative estimate of drug-likeness (QED) is 0.599. The van der Waals surface area contributed by atoms with Crippen LogP contribution in [-0.2, 0) is 4.79 Å². The highest BCUT2D eigenvalue weighted by atomic mass is 16.4. The Hall–Kier alpha value is -0.530. The van der Waals surface area contributed by atoms with Gasteiger partial charge in [-0.3, -0.25) is 4.79 Å². The maximum absolute atomic E-state index is 10.8. The van der Waals surface area contributed by atoms with Gasteiger partial charge in [0.05, 0.1) is 5.41 Å². The molecule has 0 saturated heterocycles. The van der Waals surface area contributed by atoms with Crippen molar-refractivity contribution in [2.45, 2.75) is 32.1 Å². The first-order valence-electron chi connectivity index (χ1n) is 3.80. The summed E-state index contributed by atoms with van der Waals surface area (Å²) in [6, 6.07) is 0. The molecule has 0 atom stereocenters. The van der Waals surface area contributed by atoms with E-state index in [9.17, 15) is 4.79 Å². The number of carboxylic acid groups (broad SMARTS) is 1. The maximum Gasteiger partial charge on any atom is 0.309 e. The number of hydrogen-bond acceptors (Lipinski definition) is 1. The second-order valence-corrected chi connectivity index (χ2v) is 3.51. The second kappa shape index (κ2) is 1.74. The zero-order valence-corrected chi connectivity index (χ0v) is 5.89. The van der Waals surface area contributed by atoms with Crippen LogP contribution in [0.2, 0.25) is 0 Å². The summed E-state index contributed by atoms with van der Waals surface area (Å²) in [5, 5.41) is 8.88. The number of fused-ring (bicyclic) bond motifs is 2. The summed E-state index contributed by atoms with van der Waals surface area (Å²) < 4.78 is 0. The highest BCUT2D eigenvalue weighted by Crippen LogP contribution is 2.55. The van der Waals surface area contributed by atoms with Crippen molar-refractivity contribution >= 4 is 5.97 Å². The molecule has 0 aromatic heterocycles. The van der Waals surface area contributed by atoms with Crippen molar-refractivity contribution in [2.24, 2.45) is 5.41 Å². The summed E-state index contributed by atoms with van der Waals surface area (Å²) in [4.78, 5) is 10.8. The minimum Gasteiger partial charge on any atom is -0.481 e. The average molecular weight is 139 g/mol. The van der Waals surface area contributed by atoms with Gasteiger partial charge in [-0.2, -0.15) is 0 Å². The smallest absolute Gasteiger partial charge is 0.309 e. The van der Waals surface area contributed by atoms with Crippen molar-refractivity contribution in [1.29, 1.82) is 0 Å². The van der Waals surface area contributed by atoms with Gasteiger partial charge in [0, 0.05) is 0 Å². The van der Waals surface area contributed by atoms with E-state index in [1.807, 2.05) is 0 Å². The second-order valence-electron chi connectivity index (χ2n) is 3.51. The fourth-order valence-electron chi connectivity index (χ4n) is 2.20. The summed E-state index contributed by atoms with van der Waals surface area (Å²) in [7, 11) is 0. The van der Waals surface area contributed by atoms with Gasteiger partial charge < -0.3 is 5.11 Å². The Morgan fingerprint density at radius 2 is 2.00 bits per heavy atom. The van der Waals surface area contributed by atoms with Crippen molar-refractivity contribution in [3.05, 3.63) is 5.92 Å². The first-order chi connectivity index (χ1) is 4.73. The van der Waals surface area contributed by atoms with Crippen LogP contribution in [0.1, 0.15) is 32.1 Å². The van der Waals surface area contributed by atoms with Gasteiger partial charge in [-0.1, -0.05) is 0 Å². The number of rotatable bonds is 1. The Morgan fingerprint density at radius 1 is 1.40 bits per heavy atom. The summed E-state index contributed by atoms with van der Waals surface area (Å²) in [6.45, 7) is 0. The Kier molecular flexibility index (Phi) is 1.08. The predicted octanol–water partition coefficient (Wildman–Crippen LogP) is 1.61. The molecule has 1 N–H and O–H groups in total. The third-order valence-electron chi connectivity index (χ3n) is 2.96. The lowest BCUT2D eigenvalue weighted by Crippen LogP contribution is -2.25. The number of hydrogen-bond donors (Lipinski definition) is 1. The molecule has 0 aliphatic heterocycles. The highest BCUT2D eigenvalue weighted by molar-refractivity contribution is 5.76. The summed E-state index contributed by atoms with van der Waals surface area (Å²) in [6.07, 6.45) is 4.83. The van der Waals surface area contributed by atoms with Gasteiger partial charge in [0.1, 0.15) is 0 Å². The average Bonchev–Trinajstić information content (AvgIpc) is 2.45. The van der Waals surface area contributed by atoms with Crippen molar-refractivity contribution in [3.63, 3.8) is 0 Å². The molecule has 0 spiro atoms. The molecule has 2 saturated carbocycles. The van der Waals surface area contributed by atoms with E-state index in [0.29, 0.717) is 0 Å². The van der Waals surface area contributed by atoms with Gasteiger partial charge in [0.25, 0.3) is 0 Å². The molecule has 2 rings (SSSR count). The molecule has 2 heteroatoms. The molecule has 55 valence electrons. The van der Waals surface area contributed by atoms with Crippen LogP contribution in [0.15, 0.2) is 0 Å². The first-order valence-corrected chi connectivity index (χ1v) is 3.80.